The lowest BCUT2D eigenvalue weighted by Gasteiger charge is -2.16. The summed E-state index contributed by atoms with van der Waals surface area (Å²) in [5.41, 5.74) is 0.716. The first-order valence-electron chi connectivity index (χ1n) is 7.26. The van der Waals surface area contributed by atoms with Crippen LogP contribution in [0.2, 0.25) is 0 Å². The molecule has 0 aromatic carbocycles. The fourth-order valence-corrected chi connectivity index (χ4v) is 2.98. The second-order valence-corrected chi connectivity index (χ2v) is 6.44. The average molecular weight is 343 g/mol. The van der Waals surface area contributed by atoms with Gasteiger partial charge in [-0.3, -0.25) is 4.79 Å². The molecule has 0 spiro atoms. The average Bonchev–Trinajstić information content (AvgIpc) is 2.88. The molecule has 1 aromatic rings. The minimum absolute atomic E-state index is 0.0702. The zero-order valence-electron chi connectivity index (χ0n) is 12.4. The number of halogens is 1. The number of anilines is 1. The van der Waals surface area contributed by atoms with E-state index in [0.29, 0.717) is 10.4 Å². The number of hydrogen-bond acceptors (Lipinski definition) is 4. The summed E-state index contributed by atoms with van der Waals surface area (Å²) >= 11 is 3.39. The van der Waals surface area contributed by atoms with E-state index in [9.17, 15) is 4.79 Å². The van der Waals surface area contributed by atoms with E-state index in [0.717, 1.165) is 25.3 Å². The molecule has 1 saturated heterocycles. The lowest BCUT2D eigenvalue weighted by molar-refractivity contribution is 0.345. The minimum Gasteiger partial charge on any atom is -0.382 e. The first kappa shape index (κ1) is 15.5. The van der Waals surface area contributed by atoms with Crippen LogP contribution in [0.3, 0.4) is 0 Å². The Morgan fingerprint density at radius 1 is 1.55 bits per heavy atom. The van der Waals surface area contributed by atoms with E-state index in [-0.39, 0.29) is 11.6 Å². The molecular formula is C14H23BrN4O. The van der Waals surface area contributed by atoms with Gasteiger partial charge in [0, 0.05) is 13.1 Å². The molecule has 0 amide bonds. The van der Waals surface area contributed by atoms with Crippen LogP contribution >= 0.6 is 15.9 Å². The summed E-state index contributed by atoms with van der Waals surface area (Å²) in [6, 6.07) is 0.0702. The summed E-state index contributed by atoms with van der Waals surface area (Å²) in [5.74, 6) is 0.648. The molecule has 0 aliphatic carbocycles. The molecule has 1 aromatic heterocycles. The first-order valence-corrected chi connectivity index (χ1v) is 8.05. The smallest absolute Gasteiger partial charge is 0.283 e. The third kappa shape index (κ3) is 3.41. The molecule has 20 heavy (non-hydrogen) atoms. The van der Waals surface area contributed by atoms with E-state index in [1.807, 2.05) is 13.8 Å². The van der Waals surface area contributed by atoms with Crippen LogP contribution in [-0.4, -0.2) is 40.9 Å². The SMILES string of the molecule is CCN1CCC(CNc2cnn(C(C)C)c(=O)c2Br)C1. The van der Waals surface area contributed by atoms with Gasteiger partial charge in [-0.1, -0.05) is 6.92 Å². The molecule has 0 radical (unpaired) electrons. The van der Waals surface area contributed by atoms with Gasteiger partial charge in [0.1, 0.15) is 4.47 Å². The predicted octanol–water partition coefficient (Wildman–Crippen LogP) is 2.34. The van der Waals surface area contributed by atoms with Crippen molar-refractivity contribution in [1.29, 1.82) is 0 Å². The molecule has 112 valence electrons. The molecule has 1 aliphatic rings. The quantitative estimate of drug-likeness (QED) is 0.892. The molecule has 0 saturated carbocycles. The summed E-state index contributed by atoms with van der Waals surface area (Å²) in [6.45, 7) is 10.4. The lowest BCUT2D eigenvalue weighted by atomic mass is 10.1. The Morgan fingerprint density at radius 3 is 2.90 bits per heavy atom. The molecule has 6 heteroatoms. The Bertz CT molecular complexity index is 514. The number of nitrogens with one attached hydrogen (secondary N) is 1. The summed E-state index contributed by atoms with van der Waals surface area (Å²) in [5, 5.41) is 7.57. The van der Waals surface area contributed by atoms with Crippen LogP contribution in [0.4, 0.5) is 5.69 Å². The fraction of sp³-hybridized carbons (Fsp3) is 0.714. The van der Waals surface area contributed by atoms with Gasteiger partial charge in [0.25, 0.3) is 5.56 Å². The van der Waals surface area contributed by atoms with Crippen LogP contribution < -0.4 is 10.9 Å². The van der Waals surface area contributed by atoms with Gasteiger partial charge in [-0.05, 0) is 55.2 Å². The molecule has 1 atom stereocenters. The van der Waals surface area contributed by atoms with Gasteiger partial charge < -0.3 is 10.2 Å². The van der Waals surface area contributed by atoms with Crippen molar-refractivity contribution in [2.24, 2.45) is 5.92 Å². The number of aromatic nitrogens is 2. The Kier molecular flexibility index (Phi) is 5.21. The second-order valence-electron chi connectivity index (χ2n) is 5.64. The molecule has 5 nitrogen and oxygen atoms in total. The summed E-state index contributed by atoms with van der Waals surface area (Å²) in [6.07, 6.45) is 2.95. The zero-order chi connectivity index (χ0) is 14.7. The highest BCUT2D eigenvalue weighted by atomic mass is 79.9. The summed E-state index contributed by atoms with van der Waals surface area (Å²) < 4.78 is 2.07. The minimum atomic E-state index is -0.0772. The van der Waals surface area contributed by atoms with E-state index >= 15 is 0 Å². The van der Waals surface area contributed by atoms with Crippen LogP contribution in [0.25, 0.3) is 0 Å². The maximum Gasteiger partial charge on any atom is 0.283 e. The normalized spacial score (nSPS) is 19.8. The third-order valence-electron chi connectivity index (χ3n) is 3.83. The third-order valence-corrected chi connectivity index (χ3v) is 4.60. The van der Waals surface area contributed by atoms with E-state index in [1.54, 1.807) is 6.20 Å². The Hall–Kier alpha value is -0.880. The van der Waals surface area contributed by atoms with Gasteiger partial charge in [-0.25, -0.2) is 4.68 Å². The van der Waals surface area contributed by atoms with Crippen molar-refractivity contribution in [2.75, 3.05) is 31.5 Å². The van der Waals surface area contributed by atoms with E-state index in [1.165, 1.54) is 17.6 Å². The van der Waals surface area contributed by atoms with Crippen molar-refractivity contribution in [3.8, 4) is 0 Å². The van der Waals surface area contributed by atoms with Crippen LogP contribution in [0, 0.1) is 5.92 Å². The summed E-state index contributed by atoms with van der Waals surface area (Å²) in [7, 11) is 0. The van der Waals surface area contributed by atoms with Crippen molar-refractivity contribution >= 4 is 21.6 Å². The van der Waals surface area contributed by atoms with Crippen molar-refractivity contribution in [3.05, 3.63) is 21.0 Å². The standard InChI is InChI=1S/C14H23BrN4O/c1-4-18-6-5-11(9-18)7-16-12-8-17-19(10(2)3)14(20)13(12)15/h8,10-11,16H,4-7,9H2,1-3H3. The highest BCUT2D eigenvalue weighted by Gasteiger charge is 2.21. The number of hydrogen-bond donors (Lipinski definition) is 1. The Balaban J connectivity index is 2.00. The highest BCUT2D eigenvalue weighted by molar-refractivity contribution is 9.10. The Morgan fingerprint density at radius 2 is 2.30 bits per heavy atom. The van der Waals surface area contributed by atoms with Gasteiger partial charge in [-0.15, -0.1) is 0 Å². The first-order chi connectivity index (χ1) is 9.52. The second kappa shape index (κ2) is 6.72. The molecule has 1 N–H and O–H groups in total. The highest BCUT2D eigenvalue weighted by Crippen LogP contribution is 2.20. The zero-order valence-corrected chi connectivity index (χ0v) is 14.0. The van der Waals surface area contributed by atoms with Crippen molar-refractivity contribution < 1.29 is 0 Å². The van der Waals surface area contributed by atoms with Crippen LogP contribution in [0.5, 0.6) is 0 Å². The fourth-order valence-electron chi connectivity index (χ4n) is 2.56. The van der Waals surface area contributed by atoms with Crippen molar-refractivity contribution in [2.45, 2.75) is 33.2 Å². The maximum atomic E-state index is 12.1. The van der Waals surface area contributed by atoms with Crippen molar-refractivity contribution in [3.63, 3.8) is 0 Å². The van der Waals surface area contributed by atoms with Gasteiger partial charge in [0.05, 0.1) is 17.9 Å². The number of rotatable bonds is 5. The van der Waals surface area contributed by atoms with Crippen LogP contribution in [0.1, 0.15) is 33.2 Å². The molecule has 1 unspecified atom stereocenters. The predicted molar refractivity (Wildman–Crippen MR) is 85.3 cm³/mol. The molecule has 1 fully saturated rings. The van der Waals surface area contributed by atoms with Gasteiger partial charge in [0.15, 0.2) is 0 Å². The van der Waals surface area contributed by atoms with E-state index < -0.39 is 0 Å². The topological polar surface area (TPSA) is 50.2 Å². The molecule has 2 rings (SSSR count). The van der Waals surface area contributed by atoms with E-state index in [2.05, 4.69) is 38.2 Å². The maximum absolute atomic E-state index is 12.1. The lowest BCUT2D eigenvalue weighted by Crippen LogP contribution is -2.27. The van der Waals surface area contributed by atoms with Gasteiger partial charge >= 0.3 is 0 Å². The molecular weight excluding hydrogens is 320 g/mol. The van der Waals surface area contributed by atoms with Gasteiger partial charge in [-0.2, -0.15) is 5.10 Å². The molecule has 1 aliphatic heterocycles. The Labute approximate surface area is 128 Å². The van der Waals surface area contributed by atoms with Gasteiger partial charge in [0.2, 0.25) is 0 Å². The van der Waals surface area contributed by atoms with E-state index in [4.69, 9.17) is 0 Å². The number of likely N-dealkylation sites (tertiary alicyclic amines) is 1. The van der Waals surface area contributed by atoms with Crippen LogP contribution in [0.15, 0.2) is 15.5 Å². The largest absolute Gasteiger partial charge is 0.382 e. The molecule has 2 heterocycles. The van der Waals surface area contributed by atoms with Crippen molar-refractivity contribution in [1.82, 2.24) is 14.7 Å². The molecule has 0 bridgehead atoms. The summed E-state index contributed by atoms with van der Waals surface area (Å²) in [4.78, 5) is 14.6. The number of nitrogens with zero attached hydrogens (tertiary/aromatic N) is 3. The monoisotopic (exact) mass is 342 g/mol. The van der Waals surface area contributed by atoms with Crippen LogP contribution in [-0.2, 0) is 0 Å².